The van der Waals surface area contributed by atoms with Crippen LogP contribution in [0.25, 0.3) is 11.0 Å². The Kier molecular flexibility index (Phi) is 4.91. The number of nitrogens with two attached hydrogens (primary N) is 1. The summed E-state index contributed by atoms with van der Waals surface area (Å²) < 4.78 is 7.23. The molecular formula is C16H22ClN5O2. The van der Waals surface area contributed by atoms with Crippen molar-refractivity contribution < 1.29 is 9.53 Å². The normalized spacial score (nSPS) is 19.4. The predicted octanol–water partition coefficient (Wildman–Crippen LogP) is 2.24. The molecule has 1 aliphatic rings. The van der Waals surface area contributed by atoms with E-state index in [1.165, 1.54) is 13.5 Å². The Labute approximate surface area is 145 Å². The van der Waals surface area contributed by atoms with Gasteiger partial charge in [0.25, 0.3) is 5.91 Å². The molecule has 24 heavy (non-hydrogen) atoms. The van der Waals surface area contributed by atoms with E-state index in [9.17, 15) is 4.79 Å². The number of nitrogens with zero attached hydrogens (tertiary/aromatic N) is 4. The summed E-state index contributed by atoms with van der Waals surface area (Å²) in [5.74, 6) is -0.272. The maximum atomic E-state index is 11.6. The molecule has 1 amide bonds. The second-order valence-corrected chi connectivity index (χ2v) is 6.48. The number of amides is 1. The molecule has 0 bridgehead atoms. The van der Waals surface area contributed by atoms with E-state index in [1.54, 1.807) is 6.07 Å². The molecule has 1 atom stereocenters. The first-order valence-electron chi connectivity index (χ1n) is 8.20. The maximum Gasteiger partial charge on any atom is 0.252 e. The lowest BCUT2D eigenvalue weighted by molar-refractivity contribution is 0.0997. The second-order valence-electron chi connectivity index (χ2n) is 6.08. The molecule has 1 fully saturated rings. The predicted molar refractivity (Wildman–Crippen MR) is 92.6 cm³/mol. The van der Waals surface area contributed by atoms with Gasteiger partial charge in [0, 0.05) is 6.54 Å². The largest absolute Gasteiger partial charge is 0.493 e. The molecule has 1 aliphatic heterocycles. The Balaban J connectivity index is 2.11. The maximum absolute atomic E-state index is 11.6. The van der Waals surface area contributed by atoms with E-state index in [0.717, 1.165) is 32.5 Å². The van der Waals surface area contributed by atoms with Crippen LogP contribution < -0.4 is 10.5 Å². The van der Waals surface area contributed by atoms with Crippen molar-refractivity contribution in [3.8, 4) is 5.75 Å². The Hall–Kier alpha value is -1.86. The highest BCUT2D eigenvalue weighted by atomic mass is 35.5. The van der Waals surface area contributed by atoms with Crippen molar-refractivity contribution >= 4 is 28.5 Å². The van der Waals surface area contributed by atoms with Crippen LogP contribution in [0.5, 0.6) is 5.75 Å². The summed E-state index contributed by atoms with van der Waals surface area (Å²) in [6.07, 6.45) is 3.33. The number of benzene rings is 1. The summed E-state index contributed by atoms with van der Waals surface area (Å²) in [4.78, 5) is 14.0. The quantitative estimate of drug-likeness (QED) is 0.912. The highest BCUT2D eigenvalue weighted by Gasteiger charge is 2.26. The molecule has 1 unspecified atom stereocenters. The zero-order valence-corrected chi connectivity index (χ0v) is 14.7. The molecular weight excluding hydrogens is 330 g/mol. The Morgan fingerprint density at radius 2 is 2.29 bits per heavy atom. The smallest absolute Gasteiger partial charge is 0.252 e. The lowest BCUT2D eigenvalue weighted by Gasteiger charge is -2.23. The van der Waals surface area contributed by atoms with Gasteiger partial charge < -0.3 is 15.4 Å². The summed E-state index contributed by atoms with van der Waals surface area (Å²) in [5, 5.41) is 8.96. The minimum absolute atomic E-state index is 0.194. The zero-order valence-electron chi connectivity index (χ0n) is 14.0. The lowest BCUT2D eigenvalue weighted by Crippen LogP contribution is -2.30. The van der Waals surface area contributed by atoms with E-state index < -0.39 is 5.91 Å². The summed E-state index contributed by atoms with van der Waals surface area (Å²) in [5.41, 5.74) is 6.81. The van der Waals surface area contributed by atoms with Gasteiger partial charge in [-0.05, 0) is 32.0 Å². The van der Waals surface area contributed by atoms with Crippen LogP contribution in [0.3, 0.4) is 0 Å². The van der Waals surface area contributed by atoms with Crippen molar-refractivity contribution in [1.29, 1.82) is 0 Å². The standard InChI is InChI=1S/C16H22ClN5O2/c1-3-21-7-5-4-6-10(9-21)22-14-12(17)8-11(16(18)23)15(24-2)13(14)19-20-22/h8,10H,3-7,9H2,1-2H3,(H2,18,23). The second kappa shape index (κ2) is 6.94. The summed E-state index contributed by atoms with van der Waals surface area (Å²) in [6.45, 7) is 5.18. The number of carbonyl (C=O) groups is 1. The number of hydrogen-bond donors (Lipinski definition) is 1. The monoisotopic (exact) mass is 351 g/mol. The van der Waals surface area contributed by atoms with E-state index in [0.29, 0.717) is 21.8 Å². The van der Waals surface area contributed by atoms with Crippen molar-refractivity contribution in [3.63, 3.8) is 0 Å². The van der Waals surface area contributed by atoms with Gasteiger partial charge in [0.1, 0.15) is 5.52 Å². The van der Waals surface area contributed by atoms with Crippen molar-refractivity contribution in [3.05, 3.63) is 16.7 Å². The van der Waals surface area contributed by atoms with Crippen molar-refractivity contribution in [1.82, 2.24) is 19.9 Å². The average Bonchev–Trinajstić information content (AvgIpc) is 2.87. The van der Waals surface area contributed by atoms with Crippen LogP contribution in [0.2, 0.25) is 5.02 Å². The molecule has 0 aliphatic carbocycles. The molecule has 0 radical (unpaired) electrons. The summed E-state index contributed by atoms with van der Waals surface area (Å²) in [6, 6.07) is 1.73. The molecule has 2 aromatic rings. The van der Waals surface area contributed by atoms with Crippen LogP contribution in [0.1, 0.15) is 42.6 Å². The van der Waals surface area contributed by atoms with Gasteiger partial charge in [0.2, 0.25) is 0 Å². The highest BCUT2D eigenvalue weighted by molar-refractivity contribution is 6.35. The van der Waals surface area contributed by atoms with Gasteiger partial charge in [-0.25, -0.2) is 4.68 Å². The van der Waals surface area contributed by atoms with Gasteiger partial charge in [0.15, 0.2) is 11.3 Å². The minimum Gasteiger partial charge on any atom is -0.493 e. The average molecular weight is 352 g/mol. The first kappa shape index (κ1) is 17.0. The van der Waals surface area contributed by atoms with Crippen LogP contribution in [0, 0.1) is 0 Å². The fourth-order valence-electron chi connectivity index (χ4n) is 3.39. The van der Waals surface area contributed by atoms with Crippen molar-refractivity contribution in [2.24, 2.45) is 5.73 Å². The van der Waals surface area contributed by atoms with Gasteiger partial charge in [-0.1, -0.05) is 30.2 Å². The number of hydrogen-bond acceptors (Lipinski definition) is 5. The fourth-order valence-corrected chi connectivity index (χ4v) is 3.67. The van der Waals surface area contributed by atoms with Crippen molar-refractivity contribution in [2.45, 2.75) is 32.2 Å². The Morgan fingerprint density at radius 1 is 1.50 bits per heavy atom. The number of carbonyl (C=O) groups excluding carboxylic acids is 1. The van der Waals surface area contributed by atoms with E-state index in [1.807, 2.05) is 4.68 Å². The van der Waals surface area contributed by atoms with Crippen LogP contribution in [0.15, 0.2) is 6.07 Å². The summed E-state index contributed by atoms with van der Waals surface area (Å²) >= 11 is 6.43. The van der Waals surface area contributed by atoms with Gasteiger partial charge >= 0.3 is 0 Å². The molecule has 8 heteroatoms. The number of likely N-dealkylation sites (N-methyl/N-ethyl adjacent to an activating group) is 1. The third kappa shape index (κ3) is 2.93. The number of rotatable bonds is 4. The number of fused-ring (bicyclic) bond motifs is 1. The SMILES string of the molecule is CCN1CCCCC(n2nnc3c(OC)c(C(N)=O)cc(Cl)c32)C1. The fraction of sp³-hybridized carbons (Fsp3) is 0.562. The minimum atomic E-state index is -0.600. The molecule has 0 saturated carbocycles. The number of halogens is 1. The number of primary amides is 1. The highest BCUT2D eigenvalue weighted by Crippen LogP contribution is 2.36. The molecule has 7 nitrogen and oxygen atoms in total. The number of aromatic nitrogens is 3. The van der Waals surface area contributed by atoms with E-state index in [-0.39, 0.29) is 11.6 Å². The molecule has 3 rings (SSSR count). The topological polar surface area (TPSA) is 86.3 Å². The van der Waals surface area contributed by atoms with Crippen LogP contribution in [0.4, 0.5) is 0 Å². The zero-order chi connectivity index (χ0) is 17.3. The Bertz CT molecular complexity index is 760. The van der Waals surface area contributed by atoms with Gasteiger partial charge in [-0.15, -0.1) is 5.10 Å². The first-order chi connectivity index (χ1) is 11.6. The van der Waals surface area contributed by atoms with Crippen LogP contribution in [-0.2, 0) is 0 Å². The first-order valence-corrected chi connectivity index (χ1v) is 8.58. The number of likely N-dealkylation sites (tertiary alicyclic amines) is 1. The third-order valence-corrected chi connectivity index (χ3v) is 4.93. The molecule has 1 aromatic heterocycles. The van der Waals surface area contributed by atoms with Crippen molar-refractivity contribution in [2.75, 3.05) is 26.7 Å². The molecule has 130 valence electrons. The molecule has 0 spiro atoms. The van der Waals surface area contributed by atoms with E-state index in [4.69, 9.17) is 22.1 Å². The van der Waals surface area contributed by atoms with E-state index in [2.05, 4.69) is 22.1 Å². The molecule has 1 saturated heterocycles. The van der Waals surface area contributed by atoms with Crippen LogP contribution >= 0.6 is 11.6 Å². The molecule has 2 heterocycles. The molecule has 2 N–H and O–H groups in total. The lowest BCUT2D eigenvalue weighted by atomic mass is 10.1. The summed E-state index contributed by atoms with van der Waals surface area (Å²) in [7, 11) is 1.48. The number of ether oxygens (including phenoxy) is 1. The van der Waals surface area contributed by atoms with E-state index >= 15 is 0 Å². The molecule has 1 aromatic carbocycles. The van der Waals surface area contributed by atoms with Gasteiger partial charge in [-0.2, -0.15) is 0 Å². The third-order valence-electron chi connectivity index (χ3n) is 4.64. The Morgan fingerprint density at radius 3 is 2.96 bits per heavy atom. The number of methoxy groups -OCH3 is 1. The van der Waals surface area contributed by atoms with Gasteiger partial charge in [-0.3, -0.25) is 4.79 Å². The van der Waals surface area contributed by atoms with Gasteiger partial charge in [0.05, 0.1) is 23.7 Å². The van der Waals surface area contributed by atoms with Crippen LogP contribution in [-0.4, -0.2) is 52.5 Å².